The Kier molecular flexibility index (Phi) is 4.99. The molecule has 0 saturated heterocycles. The minimum Gasteiger partial charge on any atom is -0.392 e. The summed E-state index contributed by atoms with van der Waals surface area (Å²) in [6, 6.07) is 24.4. The number of imidazole rings is 1. The van der Waals surface area contributed by atoms with Gasteiger partial charge in [-0.2, -0.15) is 0 Å². The molecule has 5 heteroatoms. The van der Waals surface area contributed by atoms with Crippen LogP contribution in [-0.4, -0.2) is 21.0 Å². The summed E-state index contributed by atoms with van der Waals surface area (Å²) in [6.45, 7) is -0.0387. The van der Waals surface area contributed by atoms with Gasteiger partial charge >= 0.3 is 0 Å². The molecule has 4 aromatic rings. The van der Waals surface area contributed by atoms with Crippen LogP contribution in [-0.2, 0) is 6.61 Å². The maximum atomic E-state index is 12.3. The highest BCUT2D eigenvalue weighted by Gasteiger charge is 2.08. The molecule has 1 aromatic heterocycles. The third-order valence-electron chi connectivity index (χ3n) is 4.48. The molecular formula is C23H19N3O2. The van der Waals surface area contributed by atoms with Crippen molar-refractivity contribution in [3.05, 3.63) is 96.2 Å². The van der Waals surface area contributed by atoms with Crippen molar-refractivity contribution < 1.29 is 9.90 Å². The van der Waals surface area contributed by atoms with Crippen molar-refractivity contribution in [3.8, 4) is 22.6 Å². The van der Waals surface area contributed by atoms with E-state index in [1.807, 2.05) is 54.6 Å². The monoisotopic (exact) mass is 369 g/mol. The molecule has 138 valence electrons. The second kappa shape index (κ2) is 7.90. The Hall–Kier alpha value is -3.70. The third-order valence-corrected chi connectivity index (χ3v) is 4.48. The molecule has 28 heavy (non-hydrogen) atoms. The molecule has 4 rings (SSSR count). The molecule has 0 spiro atoms. The van der Waals surface area contributed by atoms with Gasteiger partial charge in [-0.3, -0.25) is 4.79 Å². The fourth-order valence-electron chi connectivity index (χ4n) is 2.91. The SMILES string of the molecule is O=C(Nc1ccc(-c2cnc(-c3ccccc3)[nH]2)cc1)c1ccc(CO)cc1. The van der Waals surface area contributed by atoms with Crippen molar-refractivity contribution in [2.24, 2.45) is 0 Å². The van der Waals surface area contributed by atoms with Crippen LogP contribution in [0.15, 0.2) is 85.1 Å². The first kappa shape index (κ1) is 17.7. The number of aromatic nitrogens is 2. The highest BCUT2D eigenvalue weighted by molar-refractivity contribution is 6.04. The molecule has 0 atom stereocenters. The second-order valence-electron chi connectivity index (χ2n) is 6.40. The Morgan fingerprint density at radius 1 is 0.893 bits per heavy atom. The van der Waals surface area contributed by atoms with E-state index < -0.39 is 0 Å². The minimum absolute atomic E-state index is 0.0387. The zero-order chi connectivity index (χ0) is 19.3. The van der Waals surface area contributed by atoms with Gasteiger partial charge < -0.3 is 15.4 Å². The van der Waals surface area contributed by atoms with E-state index in [4.69, 9.17) is 5.11 Å². The summed E-state index contributed by atoms with van der Waals surface area (Å²) in [5.41, 5.74) is 4.96. The number of aromatic amines is 1. The van der Waals surface area contributed by atoms with Crippen molar-refractivity contribution in [2.75, 3.05) is 5.32 Å². The number of aliphatic hydroxyl groups is 1. The number of nitrogens with zero attached hydrogens (tertiary/aromatic N) is 1. The number of carbonyl (C=O) groups is 1. The van der Waals surface area contributed by atoms with E-state index in [0.29, 0.717) is 11.3 Å². The van der Waals surface area contributed by atoms with Crippen molar-refractivity contribution >= 4 is 11.6 Å². The molecule has 0 fully saturated rings. The van der Waals surface area contributed by atoms with Crippen LogP contribution >= 0.6 is 0 Å². The van der Waals surface area contributed by atoms with Gasteiger partial charge in [-0.15, -0.1) is 0 Å². The molecule has 0 saturated carbocycles. The van der Waals surface area contributed by atoms with Gasteiger partial charge in [0.1, 0.15) is 5.82 Å². The summed E-state index contributed by atoms with van der Waals surface area (Å²) in [6.07, 6.45) is 1.80. The van der Waals surface area contributed by atoms with Gasteiger partial charge in [-0.1, -0.05) is 54.6 Å². The standard InChI is InChI=1S/C23H19N3O2/c27-15-16-6-8-19(9-7-16)23(28)25-20-12-10-17(11-13-20)21-14-24-22(26-21)18-4-2-1-3-5-18/h1-14,27H,15H2,(H,24,26)(H,25,28). The number of hydrogen-bond donors (Lipinski definition) is 3. The Morgan fingerprint density at radius 3 is 2.29 bits per heavy atom. The van der Waals surface area contributed by atoms with Crippen LogP contribution in [0.2, 0.25) is 0 Å². The predicted octanol–water partition coefficient (Wildman–Crippen LogP) is 4.49. The van der Waals surface area contributed by atoms with E-state index in [0.717, 1.165) is 28.2 Å². The number of aliphatic hydroxyl groups excluding tert-OH is 1. The summed E-state index contributed by atoms with van der Waals surface area (Å²) in [5.74, 6) is 0.629. The topological polar surface area (TPSA) is 78.0 Å². The number of benzene rings is 3. The molecule has 0 unspecified atom stereocenters. The smallest absolute Gasteiger partial charge is 0.255 e. The molecule has 5 nitrogen and oxygen atoms in total. The first-order chi connectivity index (χ1) is 13.7. The lowest BCUT2D eigenvalue weighted by atomic mass is 10.1. The first-order valence-corrected chi connectivity index (χ1v) is 8.95. The zero-order valence-electron chi connectivity index (χ0n) is 15.1. The molecule has 0 radical (unpaired) electrons. The highest BCUT2D eigenvalue weighted by Crippen LogP contribution is 2.23. The van der Waals surface area contributed by atoms with Gasteiger partial charge in [-0.05, 0) is 35.4 Å². The predicted molar refractivity (Wildman–Crippen MR) is 110 cm³/mol. The quantitative estimate of drug-likeness (QED) is 0.485. The van der Waals surface area contributed by atoms with Crippen LogP contribution in [0, 0.1) is 0 Å². The average molecular weight is 369 g/mol. The molecule has 0 aliphatic heterocycles. The number of hydrogen-bond acceptors (Lipinski definition) is 3. The Balaban J connectivity index is 1.46. The van der Waals surface area contributed by atoms with Crippen molar-refractivity contribution in [3.63, 3.8) is 0 Å². The molecular weight excluding hydrogens is 350 g/mol. The van der Waals surface area contributed by atoms with Crippen molar-refractivity contribution in [2.45, 2.75) is 6.61 Å². The fraction of sp³-hybridized carbons (Fsp3) is 0.0435. The summed E-state index contributed by atoms with van der Waals surface area (Å²) in [4.78, 5) is 20.1. The van der Waals surface area contributed by atoms with Crippen molar-refractivity contribution in [1.82, 2.24) is 9.97 Å². The maximum absolute atomic E-state index is 12.3. The van der Waals surface area contributed by atoms with Gasteiger partial charge in [-0.25, -0.2) is 4.98 Å². The number of amides is 1. The summed E-state index contributed by atoms with van der Waals surface area (Å²) in [5, 5.41) is 12.0. The van der Waals surface area contributed by atoms with Crippen LogP contribution in [0.3, 0.4) is 0 Å². The lowest BCUT2D eigenvalue weighted by molar-refractivity contribution is 0.102. The lowest BCUT2D eigenvalue weighted by Crippen LogP contribution is -2.11. The largest absolute Gasteiger partial charge is 0.392 e. The van der Waals surface area contributed by atoms with Crippen LogP contribution in [0.5, 0.6) is 0 Å². The summed E-state index contributed by atoms with van der Waals surface area (Å²) >= 11 is 0. The molecule has 0 aliphatic rings. The molecule has 3 aromatic carbocycles. The Morgan fingerprint density at radius 2 is 1.61 bits per heavy atom. The first-order valence-electron chi connectivity index (χ1n) is 8.95. The number of H-pyrrole nitrogens is 1. The molecule has 1 heterocycles. The van der Waals surface area contributed by atoms with E-state index >= 15 is 0 Å². The lowest BCUT2D eigenvalue weighted by Gasteiger charge is -2.07. The normalized spacial score (nSPS) is 10.6. The molecule has 3 N–H and O–H groups in total. The number of carbonyl (C=O) groups excluding carboxylic acids is 1. The van der Waals surface area contributed by atoms with E-state index in [1.165, 1.54) is 0 Å². The maximum Gasteiger partial charge on any atom is 0.255 e. The Bertz CT molecular complexity index is 1070. The molecule has 0 bridgehead atoms. The number of anilines is 1. The minimum atomic E-state index is -0.190. The van der Waals surface area contributed by atoms with Gasteiger partial charge in [0.15, 0.2) is 0 Å². The van der Waals surface area contributed by atoms with E-state index in [9.17, 15) is 4.79 Å². The average Bonchev–Trinajstić information content (AvgIpc) is 3.25. The third kappa shape index (κ3) is 3.84. The molecule has 1 amide bonds. The summed E-state index contributed by atoms with van der Waals surface area (Å²) in [7, 11) is 0. The van der Waals surface area contributed by atoms with Gasteiger partial charge in [0.25, 0.3) is 5.91 Å². The summed E-state index contributed by atoms with van der Waals surface area (Å²) < 4.78 is 0. The van der Waals surface area contributed by atoms with Crippen LogP contribution < -0.4 is 5.32 Å². The second-order valence-corrected chi connectivity index (χ2v) is 6.40. The number of nitrogens with one attached hydrogen (secondary N) is 2. The van der Waals surface area contributed by atoms with Gasteiger partial charge in [0, 0.05) is 16.8 Å². The van der Waals surface area contributed by atoms with Crippen LogP contribution in [0.4, 0.5) is 5.69 Å². The Labute approximate surface area is 162 Å². The van der Waals surface area contributed by atoms with E-state index in [1.54, 1.807) is 30.5 Å². The van der Waals surface area contributed by atoms with Gasteiger partial charge in [0.05, 0.1) is 18.5 Å². The van der Waals surface area contributed by atoms with E-state index in [-0.39, 0.29) is 12.5 Å². The van der Waals surface area contributed by atoms with Crippen LogP contribution in [0.25, 0.3) is 22.6 Å². The highest BCUT2D eigenvalue weighted by atomic mass is 16.3. The van der Waals surface area contributed by atoms with Gasteiger partial charge in [0.2, 0.25) is 0 Å². The molecule has 0 aliphatic carbocycles. The van der Waals surface area contributed by atoms with Crippen LogP contribution in [0.1, 0.15) is 15.9 Å². The number of rotatable bonds is 5. The van der Waals surface area contributed by atoms with Crippen molar-refractivity contribution in [1.29, 1.82) is 0 Å². The fourth-order valence-corrected chi connectivity index (χ4v) is 2.91. The zero-order valence-corrected chi connectivity index (χ0v) is 15.1. The van der Waals surface area contributed by atoms with E-state index in [2.05, 4.69) is 15.3 Å².